The van der Waals surface area contributed by atoms with Gasteiger partial charge in [-0.1, -0.05) is 18.6 Å². The number of rotatable bonds is 6. The maximum absolute atomic E-state index is 12.8. The van der Waals surface area contributed by atoms with Gasteiger partial charge in [-0.3, -0.25) is 4.79 Å². The highest BCUT2D eigenvalue weighted by Crippen LogP contribution is 2.35. The highest BCUT2D eigenvalue weighted by Gasteiger charge is 2.19. The second kappa shape index (κ2) is 9.22. The Morgan fingerprint density at radius 1 is 1.19 bits per heavy atom. The highest BCUT2D eigenvalue weighted by atomic mass is 16.5. The van der Waals surface area contributed by atoms with Crippen LogP contribution in [0, 0.1) is 0 Å². The molecule has 1 aromatic heterocycles. The van der Waals surface area contributed by atoms with Crippen LogP contribution in [-0.2, 0) is 0 Å². The van der Waals surface area contributed by atoms with Crippen LogP contribution in [-0.4, -0.2) is 26.2 Å². The van der Waals surface area contributed by atoms with Gasteiger partial charge in [-0.2, -0.15) is 0 Å². The molecule has 1 aliphatic heterocycles. The first-order valence-corrected chi connectivity index (χ1v) is 10.5. The Morgan fingerprint density at radius 3 is 2.68 bits per heavy atom. The fraction of sp³-hybridized carbons (Fsp3) is 0.333. The average molecular weight is 422 g/mol. The Morgan fingerprint density at radius 2 is 2.00 bits per heavy atom. The van der Waals surface area contributed by atoms with E-state index in [1.165, 1.54) is 31.6 Å². The summed E-state index contributed by atoms with van der Waals surface area (Å²) in [4.78, 5) is 25.3. The Labute approximate surface area is 180 Å². The molecule has 1 amide bonds. The number of ether oxygens (including phenoxy) is 2. The molecule has 162 valence electrons. The predicted octanol–water partition coefficient (Wildman–Crippen LogP) is 4.27. The van der Waals surface area contributed by atoms with Gasteiger partial charge in [0.1, 0.15) is 5.56 Å². The number of nitrogens with one attached hydrogen (secondary N) is 2. The summed E-state index contributed by atoms with van der Waals surface area (Å²) in [5.74, 6) is 0.286. The molecule has 1 aliphatic rings. The van der Waals surface area contributed by atoms with E-state index in [1.807, 2.05) is 31.2 Å². The summed E-state index contributed by atoms with van der Waals surface area (Å²) in [7, 11) is 1.51. The van der Waals surface area contributed by atoms with Gasteiger partial charge in [0, 0.05) is 17.1 Å². The molecule has 3 aromatic rings. The zero-order valence-corrected chi connectivity index (χ0v) is 17.7. The SMILES string of the molecule is CCOc1c(OC)ccc2cc(C(=O)Nc3ccc([C@H]4CCCCN4)cc3)c(=O)oc12. The van der Waals surface area contributed by atoms with E-state index >= 15 is 0 Å². The van der Waals surface area contributed by atoms with Gasteiger partial charge in [0.05, 0.1) is 13.7 Å². The zero-order valence-electron chi connectivity index (χ0n) is 17.7. The molecule has 31 heavy (non-hydrogen) atoms. The molecule has 1 atom stereocenters. The van der Waals surface area contributed by atoms with Crippen molar-refractivity contribution in [3.05, 3.63) is 64.0 Å². The van der Waals surface area contributed by atoms with Crippen LogP contribution in [0.4, 0.5) is 5.69 Å². The average Bonchev–Trinajstić information content (AvgIpc) is 2.80. The Kier molecular flexibility index (Phi) is 6.23. The molecular weight excluding hydrogens is 396 g/mol. The molecule has 7 nitrogen and oxygen atoms in total. The third kappa shape index (κ3) is 4.41. The van der Waals surface area contributed by atoms with Crippen LogP contribution in [0.15, 0.2) is 51.7 Å². The van der Waals surface area contributed by atoms with Crippen LogP contribution in [0.1, 0.15) is 48.1 Å². The van der Waals surface area contributed by atoms with Gasteiger partial charge in [-0.25, -0.2) is 4.79 Å². The fourth-order valence-corrected chi connectivity index (χ4v) is 3.87. The molecular formula is C24H26N2O5. The summed E-state index contributed by atoms with van der Waals surface area (Å²) in [5.41, 5.74) is 1.27. The first-order valence-electron chi connectivity index (χ1n) is 10.5. The summed E-state index contributed by atoms with van der Waals surface area (Å²) >= 11 is 0. The molecule has 2 heterocycles. The lowest BCUT2D eigenvalue weighted by Crippen LogP contribution is -2.26. The zero-order chi connectivity index (χ0) is 21.8. The predicted molar refractivity (Wildman–Crippen MR) is 119 cm³/mol. The van der Waals surface area contributed by atoms with Crippen LogP contribution in [0.2, 0.25) is 0 Å². The minimum absolute atomic E-state index is 0.0712. The van der Waals surface area contributed by atoms with Gasteiger partial charge in [0.2, 0.25) is 5.75 Å². The van der Waals surface area contributed by atoms with E-state index in [1.54, 1.807) is 12.1 Å². The lowest BCUT2D eigenvalue weighted by Gasteiger charge is -2.24. The minimum Gasteiger partial charge on any atom is -0.493 e. The van der Waals surface area contributed by atoms with Gasteiger partial charge in [-0.05, 0) is 62.2 Å². The third-order valence-electron chi connectivity index (χ3n) is 5.46. The maximum atomic E-state index is 12.8. The van der Waals surface area contributed by atoms with Crippen LogP contribution in [0.5, 0.6) is 11.5 Å². The number of piperidine rings is 1. The molecule has 0 aliphatic carbocycles. The summed E-state index contributed by atoms with van der Waals surface area (Å²) < 4.78 is 16.3. The Balaban J connectivity index is 1.57. The number of fused-ring (bicyclic) bond motifs is 1. The van der Waals surface area contributed by atoms with E-state index < -0.39 is 11.5 Å². The van der Waals surface area contributed by atoms with Crippen molar-refractivity contribution in [3.63, 3.8) is 0 Å². The molecule has 0 saturated carbocycles. The van der Waals surface area contributed by atoms with Gasteiger partial charge in [0.15, 0.2) is 11.3 Å². The first kappa shape index (κ1) is 20.9. The molecule has 0 bridgehead atoms. The largest absolute Gasteiger partial charge is 0.493 e. The van der Waals surface area contributed by atoms with E-state index in [9.17, 15) is 9.59 Å². The second-order valence-electron chi connectivity index (χ2n) is 7.47. The number of benzene rings is 2. The third-order valence-corrected chi connectivity index (χ3v) is 5.46. The minimum atomic E-state index is -0.734. The maximum Gasteiger partial charge on any atom is 0.349 e. The normalized spacial score (nSPS) is 16.1. The monoisotopic (exact) mass is 422 g/mol. The van der Waals surface area contributed by atoms with Gasteiger partial charge in [-0.15, -0.1) is 0 Å². The number of carbonyl (C=O) groups is 1. The van der Waals surface area contributed by atoms with Crippen molar-refractivity contribution in [1.29, 1.82) is 0 Å². The van der Waals surface area contributed by atoms with Crippen LogP contribution in [0.25, 0.3) is 11.0 Å². The molecule has 1 saturated heterocycles. The number of methoxy groups -OCH3 is 1. The van der Waals surface area contributed by atoms with Crippen molar-refractivity contribution in [1.82, 2.24) is 5.32 Å². The summed E-state index contributed by atoms with van der Waals surface area (Å²) in [6.07, 6.45) is 3.53. The lowest BCUT2D eigenvalue weighted by molar-refractivity contribution is 0.102. The Bertz CT molecular complexity index is 1130. The smallest absolute Gasteiger partial charge is 0.349 e. The molecule has 1 fully saturated rings. The summed E-state index contributed by atoms with van der Waals surface area (Å²) in [6, 6.07) is 13.0. The van der Waals surface area contributed by atoms with E-state index in [2.05, 4.69) is 10.6 Å². The molecule has 7 heteroatoms. The fourth-order valence-electron chi connectivity index (χ4n) is 3.87. The molecule has 0 spiro atoms. The molecule has 4 rings (SSSR count). The van der Waals surface area contributed by atoms with Crippen LogP contribution < -0.4 is 25.7 Å². The lowest BCUT2D eigenvalue weighted by atomic mass is 9.97. The number of hydrogen-bond donors (Lipinski definition) is 2. The molecule has 2 N–H and O–H groups in total. The Hall–Kier alpha value is -3.32. The standard InChI is InChI=1S/C24H26N2O5/c1-3-30-22-20(29-2)12-9-16-14-18(24(28)31-21(16)22)23(27)26-17-10-7-15(8-11-17)19-6-4-5-13-25-19/h7-12,14,19,25H,3-6,13H2,1-2H3,(H,26,27)/t19-/m1/s1. The van der Waals surface area contributed by atoms with Crippen molar-refractivity contribution in [2.24, 2.45) is 0 Å². The van der Waals surface area contributed by atoms with E-state index in [-0.39, 0.29) is 11.1 Å². The molecule has 0 unspecified atom stereocenters. The summed E-state index contributed by atoms with van der Waals surface area (Å²) in [6.45, 7) is 3.24. The van der Waals surface area contributed by atoms with E-state index in [4.69, 9.17) is 13.9 Å². The van der Waals surface area contributed by atoms with E-state index in [0.717, 1.165) is 13.0 Å². The van der Waals surface area contributed by atoms with Crippen molar-refractivity contribution in [2.75, 3.05) is 25.6 Å². The topological polar surface area (TPSA) is 89.8 Å². The van der Waals surface area contributed by atoms with Gasteiger partial charge < -0.3 is 24.5 Å². The van der Waals surface area contributed by atoms with Crippen LogP contribution >= 0.6 is 0 Å². The second-order valence-corrected chi connectivity index (χ2v) is 7.47. The van der Waals surface area contributed by atoms with Crippen molar-refractivity contribution < 1.29 is 18.7 Å². The molecule has 2 aromatic carbocycles. The van der Waals surface area contributed by atoms with E-state index in [0.29, 0.717) is 35.2 Å². The van der Waals surface area contributed by atoms with Crippen molar-refractivity contribution >= 4 is 22.6 Å². The first-order chi connectivity index (χ1) is 15.1. The van der Waals surface area contributed by atoms with Crippen molar-refractivity contribution in [2.45, 2.75) is 32.2 Å². The number of hydrogen-bond acceptors (Lipinski definition) is 6. The summed E-state index contributed by atoms with van der Waals surface area (Å²) in [5, 5.41) is 6.86. The van der Waals surface area contributed by atoms with Gasteiger partial charge >= 0.3 is 5.63 Å². The highest BCUT2D eigenvalue weighted by molar-refractivity contribution is 6.05. The number of carbonyl (C=O) groups excluding carboxylic acids is 1. The molecule has 0 radical (unpaired) electrons. The van der Waals surface area contributed by atoms with Crippen molar-refractivity contribution in [3.8, 4) is 11.5 Å². The van der Waals surface area contributed by atoms with Gasteiger partial charge in [0.25, 0.3) is 5.91 Å². The van der Waals surface area contributed by atoms with Crippen LogP contribution in [0.3, 0.4) is 0 Å². The number of amides is 1. The number of anilines is 1. The quantitative estimate of drug-likeness (QED) is 0.577.